The molecule has 1 fully saturated rings. The largest absolute Gasteiger partial charge is 0.329 e. The van der Waals surface area contributed by atoms with Gasteiger partial charge in [0.2, 0.25) is 0 Å². The minimum Gasteiger partial charge on any atom is -0.303 e. The molecule has 0 atom stereocenters. The van der Waals surface area contributed by atoms with E-state index < -0.39 is 40.6 Å². The average molecular weight is 517 g/mol. The van der Waals surface area contributed by atoms with Crippen LogP contribution in [0.1, 0.15) is 11.1 Å². The number of nitrogens with zero attached hydrogens (tertiary/aromatic N) is 3. The highest BCUT2D eigenvalue weighted by Crippen LogP contribution is 2.25. The number of hydrogen-bond donors (Lipinski definition) is 2. The van der Waals surface area contributed by atoms with E-state index >= 15 is 0 Å². The van der Waals surface area contributed by atoms with Gasteiger partial charge in [-0.05, 0) is 24.3 Å². The number of carbonyl (C=O) groups excluding carboxylic acids is 2. The van der Waals surface area contributed by atoms with Crippen molar-refractivity contribution < 1.29 is 23.3 Å². The first-order chi connectivity index (χ1) is 18.2. The van der Waals surface area contributed by atoms with Crippen molar-refractivity contribution >= 4 is 23.7 Å². The number of benzene rings is 3. The third-order valence-corrected chi connectivity index (χ3v) is 5.92. The molecule has 2 N–H and O–H groups in total. The Kier molecular flexibility index (Phi) is 6.13. The second-order valence-corrected chi connectivity index (χ2v) is 8.27. The van der Waals surface area contributed by atoms with E-state index in [-0.39, 0.29) is 22.5 Å². The fourth-order valence-corrected chi connectivity index (χ4v) is 4.01. The highest BCUT2D eigenvalue weighted by molar-refractivity contribution is 6.14. The third-order valence-electron chi connectivity index (χ3n) is 5.92. The lowest BCUT2D eigenvalue weighted by Gasteiger charge is -2.12. The molecule has 3 amide bonds. The molecule has 12 heteroatoms. The Labute approximate surface area is 212 Å². The van der Waals surface area contributed by atoms with Crippen molar-refractivity contribution in [3.05, 3.63) is 122 Å². The van der Waals surface area contributed by atoms with Crippen LogP contribution in [-0.2, 0) is 11.3 Å². The summed E-state index contributed by atoms with van der Waals surface area (Å²) in [6.07, 6.45) is 1.20. The van der Waals surface area contributed by atoms with Crippen LogP contribution in [0.3, 0.4) is 0 Å². The summed E-state index contributed by atoms with van der Waals surface area (Å²) in [5.41, 5.74) is 0.0443. The molecule has 190 valence electrons. The van der Waals surface area contributed by atoms with E-state index in [9.17, 15) is 33.3 Å². The summed E-state index contributed by atoms with van der Waals surface area (Å²) >= 11 is 0. The lowest BCUT2D eigenvalue weighted by molar-refractivity contribution is -0.384. The van der Waals surface area contributed by atoms with Gasteiger partial charge < -0.3 is 5.32 Å². The smallest absolute Gasteiger partial charge is 0.303 e. The molecule has 0 unspecified atom stereocenters. The molecular formula is C26H17F2N5O5. The lowest BCUT2D eigenvalue weighted by Crippen LogP contribution is -2.30. The summed E-state index contributed by atoms with van der Waals surface area (Å²) in [4.78, 5) is 50.1. The highest BCUT2D eigenvalue weighted by atomic mass is 19.2. The summed E-state index contributed by atoms with van der Waals surface area (Å²) in [5.74, 6) is -3.12. The van der Waals surface area contributed by atoms with Crippen molar-refractivity contribution in [1.82, 2.24) is 20.0 Å². The molecule has 0 radical (unpaired) electrons. The number of nitro benzene ring substituents is 1. The number of urea groups is 1. The molecule has 1 saturated heterocycles. The van der Waals surface area contributed by atoms with Gasteiger partial charge in [0, 0.05) is 23.3 Å². The zero-order valence-electron chi connectivity index (χ0n) is 19.4. The number of imide groups is 1. The molecule has 1 aromatic heterocycles. The number of carbonyl (C=O) groups is 2. The molecular weight excluding hydrogens is 500 g/mol. The minimum atomic E-state index is -1.17. The van der Waals surface area contributed by atoms with Crippen molar-refractivity contribution in [3.63, 3.8) is 0 Å². The molecule has 0 aliphatic carbocycles. The van der Waals surface area contributed by atoms with Crippen LogP contribution in [0.5, 0.6) is 0 Å². The summed E-state index contributed by atoms with van der Waals surface area (Å²) in [5, 5.41) is 16.3. The zero-order chi connectivity index (χ0) is 27.0. The summed E-state index contributed by atoms with van der Waals surface area (Å²) in [6.45, 7) is -0.517. The number of H-pyrrole nitrogens is 1. The first kappa shape index (κ1) is 24.3. The Balaban J connectivity index is 1.56. The molecule has 5 rings (SSSR count). The molecule has 0 spiro atoms. The maximum atomic E-state index is 14.1. The van der Waals surface area contributed by atoms with Gasteiger partial charge in [-0.2, -0.15) is 0 Å². The van der Waals surface area contributed by atoms with Gasteiger partial charge in [-0.25, -0.2) is 18.3 Å². The van der Waals surface area contributed by atoms with E-state index in [2.05, 4.69) is 10.4 Å². The van der Waals surface area contributed by atoms with Gasteiger partial charge in [-0.15, -0.1) is 0 Å². The molecule has 1 aliphatic rings. The summed E-state index contributed by atoms with van der Waals surface area (Å²) in [7, 11) is 0. The van der Waals surface area contributed by atoms with E-state index in [1.807, 2.05) is 0 Å². The zero-order valence-corrected chi connectivity index (χ0v) is 19.4. The molecule has 4 aromatic rings. The van der Waals surface area contributed by atoms with E-state index in [1.165, 1.54) is 42.5 Å². The molecule has 10 nitrogen and oxygen atoms in total. The fraction of sp³-hybridized carbons (Fsp3) is 0.0385. The normalized spacial score (nSPS) is 14.3. The van der Waals surface area contributed by atoms with Crippen LogP contribution < -0.4 is 10.9 Å². The Morgan fingerprint density at radius 3 is 2.32 bits per heavy atom. The first-order valence-electron chi connectivity index (χ1n) is 11.2. The monoisotopic (exact) mass is 517 g/mol. The van der Waals surface area contributed by atoms with E-state index in [0.717, 1.165) is 10.7 Å². The van der Waals surface area contributed by atoms with E-state index in [4.69, 9.17) is 0 Å². The number of rotatable bonds is 6. The Hall–Kier alpha value is -5.39. The molecule has 1 aliphatic heterocycles. The van der Waals surface area contributed by atoms with Crippen LogP contribution in [0.2, 0.25) is 0 Å². The van der Waals surface area contributed by atoms with Crippen LogP contribution in [0.25, 0.3) is 23.0 Å². The van der Waals surface area contributed by atoms with Crippen molar-refractivity contribution in [3.8, 4) is 16.9 Å². The average Bonchev–Trinajstić information content (AvgIpc) is 3.38. The third kappa shape index (κ3) is 4.34. The summed E-state index contributed by atoms with van der Waals surface area (Å²) in [6, 6.07) is 16.5. The second-order valence-electron chi connectivity index (χ2n) is 8.27. The minimum absolute atomic E-state index is 0.0250. The molecule has 0 bridgehead atoms. The first-order valence-corrected chi connectivity index (χ1v) is 11.2. The Morgan fingerprint density at radius 1 is 0.921 bits per heavy atom. The van der Waals surface area contributed by atoms with Crippen LogP contribution in [0.15, 0.2) is 83.3 Å². The van der Waals surface area contributed by atoms with Gasteiger partial charge in [0.1, 0.15) is 5.70 Å². The summed E-state index contributed by atoms with van der Waals surface area (Å²) < 4.78 is 28.9. The van der Waals surface area contributed by atoms with Crippen LogP contribution >= 0.6 is 0 Å². The number of non-ortho nitro benzene ring substituents is 1. The predicted octanol–water partition coefficient (Wildman–Crippen LogP) is 4.11. The van der Waals surface area contributed by atoms with Gasteiger partial charge >= 0.3 is 6.03 Å². The number of nitrogens with one attached hydrogen (secondary N) is 2. The number of amides is 3. The lowest BCUT2D eigenvalue weighted by atomic mass is 10.1. The van der Waals surface area contributed by atoms with E-state index in [0.29, 0.717) is 21.8 Å². The van der Waals surface area contributed by atoms with Crippen LogP contribution in [0.4, 0.5) is 19.3 Å². The van der Waals surface area contributed by atoms with Crippen molar-refractivity contribution in [2.45, 2.75) is 6.54 Å². The number of hydrogen-bond acceptors (Lipinski definition) is 5. The van der Waals surface area contributed by atoms with Gasteiger partial charge in [-0.1, -0.05) is 42.5 Å². The Bertz CT molecular complexity index is 1680. The molecule has 38 heavy (non-hydrogen) atoms. The quantitative estimate of drug-likeness (QED) is 0.172. The fourth-order valence-electron chi connectivity index (χ4n) is 4.01. The maximum Gasteiger partial charge on any atom is 0.329 e. The van der Waals surface area contributed by atoms with Crippen molar-refractivity contribution in [2.75, 3.05) is 0 Å². The van der Waals surface area contributed by atoms with Gasteiger partial charge in [-0.3, -0.25) is 29.7 Å². The second kappa shape index (κ2) is 9.58. The number of nitro groups is 1. The maximum absolute atomic E-state index is 14.1. The Morgan fingerprint density at radius 2 is 1.63 bits per heavy atom. The standard InChI is InChI=1S/C26H17F2N5O5/c27-20-8-4-7-16(22(20)28)14-31-25(35)21(29-26(31)36)13-19-23(15-5-2-1-3-6-15)30-32(24(19)34)17-9-11-18(12-10-17)33(37)38/h1-13,30H,14H2,(H,29,36)/b21-13-. The molecule has 3 aromatic carbocycles. The number of halogens is 2. The number of aromatic nitrogens is 2. The van der Waals surface area contributed by atoms with Gasteiger partial charge in [0.05, 0.1) is 28.4 Å². The van der Waals surface area contributed by atoms with E-state index in [1.54, 1.807) is 30.3 Å². The van der Waals surface area contributed by atoms with Crippen LogP contribution in [-0.4, -0.2) is 31.5 Å². The van der Waals surface area contributed by atoms with Crippen molar-refractivity contribution in [1.29, 1.82) is 0 Å². The molecule has 2 heterocycles. The highest BCUT2D eigenvalue weighted by Gasteiger charge is 2.35. The SMILES string of the molecule is O=C1N/C(=C\c2c(-c3ccccc3)[nH]n(-c3ccc([N+](=O)[O-])cc3)c2=O)C(=O)N1Cc1cccc(F)c1F. The number of aromatic amines is 1. The topological polar surface area (TPSA) is 130 Å². The van der Waals surface area contributed by atoms with Crippen molar-refractivity contribution in [2.24, 2.45) is 0 Å². The predicted molar refractivity (Wildman–Crippen MR) is 132 cm³/mol. The van der Waals surface area contributed by atoms with Gasteiger partial charge in [0.15, 0.2) is 11.6 Å². The van der Waals surface area contributed by atoms with Crippen LogP contribution in [0, 0.1) is 21.7 Å². The van der Waals surface area contributed by atoms with Gasteiger partial charge in [0.25, 0.3) is 17.2 Å². The molecule has 0 saturated carbocycles.